The molecule has 7 nitrogen and oxygen atoms in total. The lowest BCUT2D eigenvalue weighted by atomic mass is 9.99. The van der Waals surface area contributed by atoms with Crippen LogP contribution >= 0.6 is 0 Å². The second kappa shape index (κ2) is 5.72. The summed E-state index contributed by atoms with van der Waals surface area (Å²) in [6.07, 6.45) is -6.44. The molecule has 5 atom stereocenters. The van der Waals surface area contributed by atoms with Crippen molar-refractivity contribution < 1.29 is 29.9 Å². The van der Waals surface area contributed by atoms with E-state index in [1.165, 1.54) is 0 Å². The zero-order valence-electron chi connectivity index (χ0n) is 10.1. The number of hydrogen-bond acceptors (Lipinski definition) is 7. The Balaban J connectivity index is 2.08. The molecule has 19 heavy (non-hydrogen) atoms. The molecule has 0 radical (unpaired) electrons. The number of anilines is 1. The maximum atomic E-state index is 9.77. The molecule has 1 fully saturated rings. The Labute approximate surface area is 109 Å². The van der Waals surface area contributed by atoms with Gasteiger partial charge in [-0.05, 0) is 24.3 Å². The van der Waals surface area contributed by atoms with Crippen molar-refractivity contribution in [2.45, 2.75) is 30.7 Å². The normalized spacial score (nSPS) is 35.1. The Kier molecular flexibility index (Phi) is 4.23. The lowest BCUT2D eigenvalue weighted by Gasteiger charge is -2.39. The maximum Gasteiger partial charge on any atom is 0.229 e. The quantitative estimate of drug-likeness (QED) is 0.421. The van der Waals surface area contributed by atoms with Gasteiger partial charge in [-0.3, -0.25) is 0 Å². The van der Waals surface area contributed by atoms with Crippen LogP contribution in [-0.2, 0) is 4.74 Å². The van der Waals surface area contributed by atoms with E-state index in [-0.39, 0.29) is 0 Å². The van der Waals surface area contributed by atoms with Crippen molar-refractivity contribution in [2.24, 2.45) is 0 Å². The third kappa shape index (κ3) is 2.96. The highest BCUT2D eigenvalue weighted by Gasteiger charge is 2.44. The van der Waals surface area contributed by atoms with Crippen LogP contribution in [-0.4, -0.2) is 57.7 Å². The Morgan fingerprint density at radius 1 is 1.05 bits per heavy atom. The highest BCUT2D eigenvalue weighted by Crippen LogP contribution is 2.24. The van der Waals surface area contributed by atoms with Gasteiger partial charge in [0.15, 0.2) is 0 Å². The molecule has 1 heterocycles. The van der Waals surface area contributed by atoms with Gasteiger partial charge in [0, 0.05) is 5.69 Å². The summed E-state index contributed by atoms with van der Waals surface area (Å²) in [7, 11) is 0. The standard InChI is InChI=1S/C12H17NO6/c13-6-1-3-7(4-2-6)18-12-11(17)10(16)9(15)8(5-14)19-12/h1-4,8-12,14-17H,5,13H2/t8-,9+,10+,11-,12+/m1/s1. The second-order valence-electron chi connectivity index (χ2n) is 4.38. The summed E-state index contributed by atoms with van der Waals surface area (Å²) in [6.45, 7) is -0.494. The molecule has 0 amide bonds. The van der Waals surface area contributed by atoms with E-state index >= 15 is 0 Å². The van der Waals surface area contributed by atoms with Gasteiger partial charge in [0.1, 0.15) is 30.2 Å². The monoisotopic (exact) mass is 271 g/mol. The Morgan fingerprint density at radius 3 is 2.26 bits per heavy atom. The highest BCUT2D eigenvalue weighted by molar-refractivity contribution is 5.41. The number of nitrogen functional groups attached to an aromatic ring is 1. The molecule has 7 heteroatoms. The molecule has 1 aromatic rings. The van der Waals surface area contributed by atoms with Gasteiger partial charge in [-0.25, -0.2) is 0 Å². The average molecular weight is 271 g/mol. The summed E-state index contributed by atoms with van der Waals surface area (Å²) in [5.74, 6) is 0.388. The number of aliphatic hydroxyl groups is 4. The summed E-state index contributed by atoms with van der Waals surface area (Å²) in [5, 5.41) is 38.0. The molecule has 0 saturated carbocycles. The largest absolute Gasteiger partial charge is 0.462 e. The van der Waals surface area contributed by atoms with E-state index in [1.54, 1.807) is 24.3 Å². The van der Waals surface area contributed by atoms with Crippen molar-refractivity contribution in [1.82, 2.24) is 0 Å². The first kappa shape index (κ1) is 14.0. The van der Waals surface area contributed by atoms with E-state index in [2.05, 4.69) is 0 Å². The van der Waals surface area contributed by atoms with Gasteiger partial charge in [0.25, 0.3) is 0 Å². The van der Waals surface area contributed by atoms with Crippen LogP contribution in [0.2, 0.25) is 0 Å². The first-order chi connectivity index (χ1) is 9.02. The molecule has 0 aliphatic carbocycles. The van der Waals surface area contributed by atoms with Crippen molar-refractivity contribution in [1.29, 1.82) is 0 Å². The third-order valence-corrected chi connectivity index (χ3v) is 2.98. The van der Waals surface area contributed by atoms with Gasteiger partial charge in [-0.1, -0.05) is 0 Å². The van der Waals surface area contributed by atoms with Crippen molar-refractivity contribution >= 4 is 5.69 Å². The van der Waals surface area contributed by atoms with Crippen molar-refractivity contribution in [3.63, 3.8) is 0 Å². The minimum atomic E-state index is -1.45. The average Bonchev–Trinajstić information content (AvgIpc) is 2.42. The first-order valence-corrected chi connectivity index (χ1v) is 5.85. The molecule has 1 saturated heterocycles. The Hall–Kier alpha value is -1.38. The molecule has 0 bridgehead atoms. The van der Waals surface area contributed by atoms with E-state index in [0.717, 1.165) is 0 Å². The number of benzene rings is 1. The summed E-state index contributed by atoms with van der Waals surface area (Å²) in [4.78, 5) is 0. The number of aliphatic hydroxyl groups excluding tert-OH is 4. The zero-order chi connectivity index (χ0) is 14.0. The SMILES string of the molecule is Nc1ccc(O[C@H]2O[C@H](CO)[C@H](O)[C@H](O)[C@H]2O)cc1. The fourth-order valence-electron chi connectivity index (χ4n) is 1.85. The topological polar surface area (TPSA) is 125 Å². The van der Waals surface area contributed by atoms with Crippen LogP contribution in [0, 0.1) is 0 Å². The lowest BCUT2D eigenvalue weighted by molar-refractivity contribution is -0.277. The summed E-state index contributed by atoms with van der Waals surface area (Å²) >= 11 is 0. The van der Waals surface area contributed by atoms with Crippen molar-refractivity contribution in [2.75, 3.05) is 12.3 Å². The van der Waals surface area contributed by atoms with E-state index in [0.29, 0.717) is 11.4 Å². The zero-order valence-corrected chi connectivity index (χ0v) is 10.1. The molecule has 1 aromatic carbocycles. The minimum Gasteiger partial charge on any atom is -0.462 e. The smallest absolute Gasteiger partial charge is 0.229 e. The minimum absolute atomic E-state index is 0.388. The van der Waals surface area contributed by atoms with E-state index in [1.807, 2.05) is 0 Å². The van der Waals surface area contributed by atoms with E-state index < -0.39 is 37.3 Å². The molecule has 1 aliphatic rings. The maximum absolute atomic E-state index is 9.77. The van der Waals surface area contributed by atoms with Crippen LogP contribution < -0.4 is 10.5 Å². The van der Waals surface area contributed by atoms with Gasteiger partial charge < -0.3 is 35.6 Å². The van der Waals surface area contributed by atoms with Crippen molar-refractivity contribution in [3.05, 3.63) is 24.3 Å². The van der Waals surface area contributed by atoms with Crippen molar-refractivity contribution in [3.8, 4) is 5.75 Å². The number of nitrogens with two attached hydrogens (primary N) is 1. The predicted molar refractivity (Wildman–Crippen MR) is 65.2 cm³/mol. The molecule has 106 valence electrons. The van der Waals surface area contributed by atoms with Crippen LogP contribution in [0.1, 0.15) is 0 Å². The lowest BCUT2D eigenvalue weighted by Crippen LogP contribution is -2.60. The van der Waals surface area contributed by atoms with Crippen LogP contribution in [0.3, 0.4) is 0 Å². The van der Waals surface area contributed by atoms with Crippen LogP contribution in [0.5, 0.6) is 5.75 Å². The molecule has 0 unspecified atom stereocenters. The van der Waals surface area contributed by atoms with Crippen LogP contribution in [0.25, 0.3) is 0 Å². The molecule has 1 aliphatic heterocycles. The summed E-state index contributed by atoms with van der Waals surface area (Å²) in [6, 6.07) is 6.38. The highest BCUT2D eigenvalue weighted by atomic mass is 16.7. The molecule has 0 aromatic heterocycles. The van der Waals surface area contributed by atoms with E-state index in [4.69, 9.17) is 20.3 Å². The number of rotatable bonds is 3. The van der Waals surface area contributed by atoms with Gasteiger partial charge in [0.2, 0.25) is 6.29 Å². The van der Waals surface area contributed by atoms with Gasteiger partial charge in [-0.15, -0.1) is 0 Å². The Bertz CT molecular complexity index is 409. The summed E-state index contributed by atoms with van der Waals surface area (Å²) < 4.78 is 10.6. The van der Waals surface area contributed by atoms with E-state index in [9.17, 15) is 15.3 Å². The predicted octanol–water partition coefficient (Wildman–Crippen LogP) is -1.55. The molecular formula is C12H17NO6. The molecule has 0 spiro atoms. The van der Waals surface area contributed by atoms with Crippen LogP contribution in [0.4, 0.5) is 5.69 Å². The Morgan fingerprint density at radius 2 is 1.68 bits per heavy atom. The van der Waals surface area contributed by atoms with Crippen LogP contribution in [0.15, 0.2) is 24.3 Å². The van der Waals surface area contributed by atoms with Gasteiger partial charge in [0.05, 0.1) is 6.61 Å². The van der Waals surface area contributed by atoms with Gasteiger partial charge in [-0.2, -0.15) is 0 Å². The molecule has 6 N–H and O–H groups in total. The third-order valence-electron chi connectivity index (χ3n) is 2.98. The fraction of sp³-hybridized carbons (Fsp3) is 0.500. The summed E-state index contributed by atoms with van der Waals surface area (Å²) in [5.41, 5.74) is 6.09. The molecular weight excluding hydrogens is 254 g/mol. The number of hydrogen-bond donors (Lipinski definition) is 5. The second-order valence-corrected chi connectivity index (χ2v) is 4.38. The molecule has 2 rings (SSSR count). The fourth-order valence-corrected chi connectivity index (χ4v) is 1.85. The number of ether oxygens (including phenoxy) is 2. The van der Waals surface area contributed by atoms with Gasteiger partial charge >= 0.3 is 0 Å². The first-order valence-electron chi connectivity index (χ1n) is 5.85.